The maximum absolute atomic E-state index is 13.1. The summed E-state index contributed by atoms with van der Waals surface area (Å²) >= 11 is 6.27. The topological polar surface area (TPSA) is 88.2 Å². The largest absolute Gasteiger partial charge is 0.494 e. The zero-order valence-electron chi connectivity index (χ0n) is 20.2. The van der Waals surface area contributed by atoms with E-state index >= 15 is 0 Å². The average molecular weight is 548 g/mol. The number of nitrogens with one attached hydrogen (secondary N) is 1. The molecule has 0 bridgehead atoms. The van der Waals surface area contributed by atoms with Gasteiger partial charge in [-0.3, -0.25) is 9.52 Å². The highest BCUT2D eigenvalue weighted by Crippen LogP contribution is 2.29. The molecule has 1 aliphatic heterocycles. The van der Waals surface area contributed by atoms with Crippen LogP contribution in [0.5, 0.6) is 11.5 Å². The molecule has 0 unspecified atom stereocenters. The first-order valence-corrected chi connectivity index (χ1v) is 13.6. The fourth-order valence-electron chi connectivity index (χ4n) is 3.86. The SMILES string of the molecule is CCOc1ccc(NS(=O)(=O)c2ccc(OCC(=O)N3CCN(c4ccc(F)cc4)CC3)c(Cl)c2)cc1. The molecular weight excluding hydrogens is 521 g/mol. The summed E-state index contributed by atoms with van der Waals surface area (Å²) in [5, 5.41) is 0.0727. The van der Waals surface area contributed by atoms with Crippen molar-refractivity contribution in [1.29, 1.82) is 0 Å². The van der Waals surface area contributed by atoms with E-state index in [0.717, 1.165) is 5.69 Å². The van der Waals surface area contributed by atoms with Crippen LogP contribution in [0.1, 0.15) is 6.92 Å². The highest BCUT2D eigenvalue weighted by molar-refractivity contribution is 7.92. The van der Waals surface area contributed by atoms with Crippen LogP contribution in [0.3, 0.4) is 0 Å². The Balaban J connectivity index is 1.30. The van der Waals surface area contributed by atoms with E-state index in [9.17, 15) is 17.6 Å². The van der Waals surface area contributed by atoms with E-state index in [1.807, 2.05) is 6.92 Å². The zero-order valence-corrected chi connectivity index (χ0v) is 21.8. The van der Waals surface area contributed by atoms with Crippen molar-refractivity contribution < 1.29 is 27.1 Å². The molecule has 0 aliphatic carbocycles. The number of halogens is 2. The van der Waals surface area contributed by atoms with Gasteiger partial charge >= 0.3 is 0 Å². The van der Waals surface area contributed by atoms with Crippen molar-refractivity contribution in [2.75, 3.05) is 49.0 Å². The standard InChI is InChI=1S/C26H27ClFN3O5S/c1-2-35-22-9-5-20(6-10-22)29-37(33,34)23-11-12-25(24(27)17-23)36-18-26(32)31-15-13-30(14-16-31)21-7-3-19(28)4-8-21/h3-12,17,29H,2,13-16,18H2,1H3. The minimum Gasteiger partial charge on any atom is -0.494 e. The minimum atomic E-state index is -3.89. The van der Waals surface area contributed by atoms with Gasteiger partial charge in [0.2, 0.25) is 0 Å². The summed E-state index contributed by atoms with van der Waals surface area (Å²) in [5.41, 5.74) is 1.29. The lowest BCUT2D eigenvalue weighted by molar-refractivity contribution is -0.133. The van der Waals surface area contributed by atoms with Crippen LogP contribution in [0.25, 0.3) is 0 Å². The number of sulfonamides is 1. The molecule has 1 amide bonds. The molecule has 37 heavy (non-hydrogen) atoms. The summed E-state index contributed by atoms with van der Waals surface area (Å²) in [6.45, 7) is 4.38. The first-order chi connectivity index (χ1) is 17.7. The normalized spacial score (nSPS) is 13.8. The molecule has 8 nitrogen and oxygen atoms in total. The number of rotatable bonds is 9. The zero-order chi connectivity index (χ0) is 26.4. The third-order valence-corrected chi connectivity index (χ3v) is 7.48. The fourth-order valence-corrected chi connectivity index (χ4v) is 5.25. The molecule has 196 valence electrons. The van der Waals surface area contributed by atoms with Gasteiger partial charge in [0.1, 0.15) is 17.3 Å². The van der Waals surface area contributed by atoms with Crippen molar-refractivity contribution in [2.45, 2.75) is 11.8 Å². The summed E-state index contributed by atoms with van der Waals surface area (Å²) in [7, 11) is -3.89. The summed E-state index contributed by atoms with van der Waals surface area (Å²) < 4.78 is 52.1. The molecule has 1 N–H and O–H groups in total. The second-order valence-electron chi connectivity index (χ2n) is 8.29. The van der Waals surface area contributed by atoms with Crippen molar-refractivity contribution in [1.82, 2.24) is 4.90 Å². The van der Waals surface area contributed by atoms with Gasteiger partial charge in [-0.1, -0.05) is 11.6 Å². The van der Waals surface area contributed by atoms with Crippen molar-refractivity contribution in [3.05, 3.63) is 77.6 Å². The maximum atomic E-state index is 13.1. The van der Waals surface area contributed by atoms with E-state index in [2.05, 4.69) is 9.62 Å². The molecule has 1 heterocycles. The van der Waals surface area contributed by atoms with E-state index in [-0.39, 0.29) is 34.0 Å². The third kappa shape index (κ3) is 6.84. The Bertz CT molecular complexity index is 1330. The van der Waals surface area contributed by atoms with E-state index in [4.69, 9.17) is 21.1 Å². The van der Waals surface area contributed by atoms with Crippen LogP contribution < -0.4 is 19.1 Å². The Hall–Kier alpha value is -3.50. The second kappa shape index (κ2) is 11.7. The number of benzene rings is 3. The van der Waals surface area contributed by atoms with Crippen LogP contribution in [0.15, 0.2) is 71.6 Å². The summed E-state index contributed by atoms with van der Waals surface area (Å²) in [6, 6.07) is 16.9. The lowest BCUT2D eigenvalue weighted by Gasteiger charge is -2.36. The molecule has 0 saturated carbocycles. The van der Waals surface area contributed by atoms with Crippen LogP contribution in [0.4, 0.5) is 15.8 Å². The number of hydrogen-bond donors (Lipinski definition) is 1. The average Bonchev–Trinajstić information content (AvgIpc) is 2.89. The summed E-state index contributed by atoms with van der Waals surface area (Å²) in [5.74, 6) is 0.353. The van der Waals surface area contributed by atoms with E-state index in [1.54, 1.807) is 41.3 Å². The number of ether oxygens (including phenoxy) is 2. The Labute approximate surface area is 220 Å². The molecule has 1 saturated heterocycles. The predicted molar refractivity (Wildman–Crippen MR) is 141 cm³/mol. The fraction of sp³-hybridized carbons (Fsp3) is 0.269. The molecule has 3 aromatic carbocycles. The second-order valence-corrected chi connectivity index (χ2v) is 10.4. The number of piperazine rings is 1. The third-order valence-electron chi connectivity index (χ3n) is 5.81. The first-order valence-electron chi connectivity index (χ1n) is 11.7. The number of nitrogens with zero attached hydrogens (tertiary/aromatic N) is 2. The summed E-state index contributed by atoms with van der Waals surface area (Å²) in [4.78, 5) is 16.4. The van der Waals surface area contributed by atoms with Gasteiger partial charge < -0.3 is 19.3 Å². The molecular formula is C26H27ClFN3O5S. The van der Waals surface area contributed by atoms with Gasteiger partial charge in [-0.15, -0.1) is 0 Å². The van der Waals surface area contributed by atoms with Crippen LogP contribution >= 0.6 is 11.6 Å². The van der Waals surface area contributed by atoms with Crippen LogP contribution in [0.2, 0.25) is 5.02 Å². The van der Waals surface area contributed by atoms with Crippen molar-refractivity contribution >= 4 is 38.9 Å². The van der Waals surface area contributed by atoms with Crippen LogP contribution in [0, 0.1) is 5.82 Å². The van der Waals surface area contributed by atoms with Crippen LogP contribution in [-0.4, -0.2) is 58.6 Å². The molecule has 3 aromatic rings. The molecule has 1 aliphatic rings. The molecule has 0 spiro atoms. The molecule has 11 heteroatoms. The Morgan fingerprint density at radius 1 is 0.973 bits per heavy atom. The van der Waals surface area contributed by atoms with Crippen molar-refractivity contribution in [3.63, 3.8) is 0 Å². The predicted octanol–water partition coefficient (Wildman–Crippen LogP) is 4.41. The highest BCUT2D eigenvalue weighted by Gasteiger charge is 2.22. The van der Waals surface area contributed by atoms with Crippen molar-refractivity contribution in [3.8, 4) is 11.5 Å². The molecule has 0 aromatic heterocycles. The van der Waals surface area contributed by atoms with Gasteiger partial charge in [-0.05, 0) is 73.7 Å². The minimum absolute atomic E-state index is 0.0398. The van der Waals surface area contributed by atoms with Gasteiger partial charge in [0, 0.05) is 37.6 Å². The monoisotopic (exact) mass is 547 g/mol. The number of anilines is 2. The lowest BCUT2D eigenvalue weighted by Crippen LogP contribution is -2.50. The number of amides is 1. The number of carbonyl (C=O) groups excluding carboxylic acids is 1. The molecule has 0 atom stereocenters. The molecule has 4 rings (SSSR count). The Kier molecular flexibility index (Phi) is 8.40. The quantitative estimate of drug-likeness (QED) is 0.427. The van der Waals surface area contributed by atoms with E-state index in [0.29, 0.717) is 44.2 Å². The first kappa shape index (κ1) is 26.6. The molecule has 1 fully saturated rings. The van der Waals surface area contributed by atoms with E-state index < -0.39 is 10.0 Å². The van der Waals surface area contributed by atoms with Gasteiger partial charge in [-0.25, -0.2) is 12.8 Å². The number of carbonyl (C=O) groups is 1. The van der Waals surface area contributed by atoms with Crippen LogP contribution in [-0.2, 0) is 14.8 Å². The number of hydrogen-bond acceptors (Lipinski definition) is 6. The van der Waals surface area contributed by atoms with Crippen molar-refractivity contribution in [2.24, 2.45) is 0 Å². The smallest absolute Gasteiger partial charge is 0.261 e. The maximum Gasteiger partial charge on any atom is 0.261 e. The Morgan fingerprint density at radius 2 is 1.65 bits per heavy atom. The Morgan fingerprint density at radius 3 is 2.27 bits per heavy atom. The van der Waals surface area contributed by atoms with E-state index in [1.165, 1.54) is 30.3 Å². The van der Waals surface area contributed by atoms with Gasteiger partial charge in [0.25, 0.3) is 15.9 Å². The summed E-state index contributed by atoms with van der Waals surface area (Å²) in [6.07, 6.45) is 0. The lowest BCUT2D eigenvalue weighted by atomic mass is 10.2. The van der Waals surface area contributed by atoms with Gasteiger partial charge in [0.05, 0.1) is 16.5 Å². The van der Waals surface area contributed by atoms with Gasteiger partial charge in [-0.2, -0.15) is 0 Å². The van der Waals surface area contributed by atoms with Gasteiger partial charge in [0.15, 0.2) is 6.61 Å². The highest BCUT2D eigenvalue weighted by atomic mass is 35.5. The molecule has 0 radical (unpaired) electrons.